The molecule has 0 aliphatic heterocycles. The van der Waals surface area contributed by atoms with Gasteiger partial charge in [-0.3, -0.25) is 0 Å². The maximum atomic E-state index is 13.1. The second-order valence-electron chi connectivity index (χ2n) is 3.00. The van der Waals surface area contributed by atoms with Crippen LogP contribution in [0.4, 0.5) is 8.78 Å². The number of methoxy groups -OCH3 is 1. The van der Waals surface area contributed by atoms with Gasteiger partial charge in [-0.25, -0.2) is 13.6 Å². The van der Waals surface area contributed by atoms with E-state index >= 15 is 0 Å². The van der Waals surface area contributed by atoms with Crippen molar-refractivity contribution in [1.82, 2.24) is 0 Å². The molecular weight excluding hydrogens is 206 g/mol. The van der Waals surface area contributed by atoms with E-state index < -0.39 is 23.7 Å². The second kappa shape index (κ2) is 4.84. The van der Waals surface area contributed by atoms with E-state index in [9.17, 15) is 13.6 Å². The number of aliphatic carboxylic acids is 1. The van der Waals surface area contributed by atoms with Crippen LogP contribution in [0.25, 0.3) is 0 Å². The van der Waals surface area contributed by atoms with Crippen LogP contribution in [-0.2, 0) is 16.0 Å². The van der Waals surface area contributed by atoms with Crippen molar-refractivity contribution >= 4 is 5.97 Å². The highest BCUT2D eigenvalue weighted by Crippen LogP contribution is 2.12. The van der Waals surface area contributed by atoms with Crippen LogP contribution in [0.5, 0.6) is 0 Å². The number of carboxylic acid groups (broad SMARTS) is 1. The van der Waals surface area contributed by atoms with Crippen LogP contribution in [0, 0.1) is 11.6 Å². The van der Waals surface area contributed by atoms with Gasteiger partial charge in [0, 0.05) is 19.6 Å². The molecular formula is C10H10F2O3. The lowest BCUT2D eigenvalue weighted by Gasteiger charge is -2.10. The predicted molar refractivity (Wildman–Crippen MR) is 48.5 cm³/mol. The molecule has 1 aromatic rings. The Morgan fingerprint density at radius 2 is 2.20 bits per heavy atom. The van der Waals surface area contributed by atoms with Gasteiger partial charge in [-0.1, -0.05) is 6.07 Å². The molecule has 0 saturated heterocycles. The molecule has 0 bridgehead atoms. The van der Waals surface area contributed by atoms with E-state index in [0.717, 1.165) is 6.07 Å². The van der Waals surface area contributed by atoms with Gasteiger partial charge in [0.1, 0.15) is 11.6 Å². The fraction of sp³-hybridized carbons (Fsp3) is 0.300. The lowest BCUT2D eigenvalue weighted by Crippen LogP contribution is -2.25. The first-order chi connectivity index (χ1) is 7.04. The molecule has 1 N–H and O–H groups in total. The zero-order chi connectivity index (χ0) is 11.4. The van der Waals surface area contributed by atoms with E-state index in [0.29, 0.717) is 6.07 Å². The van der Waals surface area contributed by atoms with Crippen molar-refractivity contribution < 1.29 is 23.4 Å². The first kappa shape index (κ1) is 11.6. The quantitative estimate of drug-likeness (QED) is 0.831. The van der Waals surface area contributed by atoms with Crippen molar-refractivity contribution in [3.05, 3.63) is 35.4 Å². The van der Waals surface area contributed by atoms with Gasteiger partial charge in [0.2, 0.25) is 0 Å². The number of hydrogen-bond donors (Lipinski definition) is 1. The fourth-order valence-electron chi connectivity index (χ4n) is 1.16. The van der Waals surface area contributed by atoms with Gasteiger partial charge in [0.05, 0.1) is 0 Å². The Balaban J connectivity index is 2.84. The van der Waals surface area contributed by atoms with Gasteiger partial charge < -0.3 is 9.84 Å². The molecule has 1 aromatic carbocycles. The highest BCUT2D eigenvalue weighted by Gasteiger charge is 2.18. The predicted octanol–water partition coefficient (Wildman–Crippen LogP) is 1.61. The molecule has 0 heterocycles. The van der Waals surface area contributed by atoms with Crippen molar-refractivity contribution in [3.63, 3.8) is 0 Å². The molecule has 0 spiro atoms. The topological polar surface area (TPSA) is 46.5 Å². The maximum absolute atomic E-state index is 13.1. The standard InChI is InChI=1S/C10H10F2O3/c1-15-9(10(13)14)4-6-2-3-7(11)5-8(6)12/h2-3,5,9H,4H2,1H3,(H,13,14). The summed E-state index contributed by atoms with van der Waals surface area (Å²) >= 11 is 0. The Labute approximate surface area is 85.3 Å². The molecule has 3 nitrogen and oxygen atoms in total. The minimum absolute atomic E-state index is 0.116. The molecule has 1 atom stereocenters. The largest absolute Gasteiger partial charge is 0.479 e. The number of carbonyl (C=O) groups is 1. The van der Waals surface area contributed by atoms with Crippen molar-refractivity contribution in [2.24, 2.45) is 0 Å². The Bertz CT molecular complexity index is 366. The van der Waals surface area contributed by atoms with Crippen LogP contribution in [-0.4, -0.2) is 24.3 Å². The number of halogens is 2. The van der Waals surface area contributed by atoms with E-state index in [4.69, 9.17) is 5.11 Å². The average Bonchev–Trinajstić information content (AvgIpc) is 2.16. The molecule has 0 aliphatic carbocycles. The highest BCUT2D eigenvalue weighted by atomic mass is 19.1. The number of benzene rings is 1. The Kier molecular flexibility index (Phi) is 3.74. The third-order valence-electron chi connectivity index (χ3n) is 1.98. The van der Waals surface area contributed by atoms with Crippen LogP contribution in [0.1, 0.15) is 5.56 Å². The zero-order valence-corrected chi connectivity index (χ0v) is 8.04. The van der Waals surface area contributed by atoms with E-state index in [2.05, 4.69) is 4.74 Å². The summed E-state index contributed by atoms with van der Waals surface area (Å²) in [6, 6.07) is 3.00. The van der Waals surface area contributed by atoms with Gasteiger partial charge in [0.15, 0.2) is 6.10 Å². The minimum atomic E-state index is -1.18. The van der Waals surface area contributed by atoms with Crippen LogP contribution >= 0.6 is 0 Å². The van der Waals surface area contributed by atoms with Crippen molar-refractivity contribution in [1.29, 1.82) is 0 Å². The third kappa shape index (κ3) is 2.99. The summed E-state index contributed by atoms with van der Waals surface area (Å²) in [5.41, 5.74) is 0.116. The van der Waals surface area contributed by atoms with Crippen molar-refractivity contribution in [2.75, 3.05) is 7.11 Å². The highest BCUT2D eigenvalue weighted by molar-refractivity contribution is 5.72. The summed E-state index contributed by atoms with van der Waals surface area (Å²) in [7, 11) is 1.22. The van der Waals surface area contributed by atoms with Gasteiger partial charge in [-0.15, -0.1) is 0 Å². The number of hydrogen-bond acceptors (Lipinski definition) is 2. The van der Waals surface area contributed by atoms with Crippen LogP contribution in [0.15, 0.2) is 18.2 Å². The van der Waals surface area contributed by atoms with E-state index in [1.54, 1.807) is 0 Å². The molecule has 0 fully saturated rings. The monoisotopic (exact) mass is 216 g/mol. The molecule has 0 radical (unpaired) electrons. The summed E-state index contributed by atoms with van der Waals surface area (Å²) in [6.45, 7) is 0. The van der Waals surface area contributed by atoms with Gasteiger partial charge >= 0.3 is 5.97 Å². The van der Waals surface area contributed by atoms with Gasteiger partial charge in [-0.05, 0) is 11.6 Å². The Morgan fingerprint density at radius 3 is 2.67 bits per heavy atom. The minimum Gasteiger partial charge on any atom is -0.479 e. The summed E-state index contributed by atoms with van der Waals surface area (Å²) in [5, 5.41) is 8.66. The summed E-state index contributed by atoms with van der Waals surface area (Å²) < 4.78 is 30.3. The zero-order valence-electron chi connectivity index (χ0n) is 8.04. The van der Waals surface area contributed by atoms with E-state index in [-0.39, 0.29) is 12.0 Å². The molecule has 1 unspecified atom stereocenters. The van der Waals surface area contributed by atoms with E-state index in [1.807, 2.05) is 0 Å². The summed E-state index contributed by atoms with van der Waals surface area (Å²) in [4.78, 5) is 10.6. The SMILES string of the molecule is COC(Cc1ccc(F)cc1F)C(=O)O. The Morgan fingerprint density at radius 1 is 1.53 bits per heavy atom. The number of rotatable bonds is 4. The average molecular weight is 216 g/mol. The number of carboxylic acids is 1. The van der Waals surface area contributed by atoms with Crippen LogP contribution in [0.3, 0.4) is 0 Å². The Hall–Kier alpha value is -1.49. The lowest BCUT2D eigenvalue weighted by atomic mass is 10.1. The molecule has 0 saturated carbocycles. The molecule has 0 aromatic heterocycles. The summed E-state index contributed by atoms with van der Waals surface area (Å²) in [5.74, 6) is -2.64. The fourth-order valence-corrected chi connectivity index (χ4v) is 1.16. The van der Waals surface area contributed by atoms with E-state index in [1.165, 1.54) is 13.2 Å². The third-order valence-corrected chi connectivity index (χ3v) is 1.98. The first-order valence-electron chi connectivity index (χ1n) is 4.24. The first-order valence-corrected chi connectivity index (χ1v) is 4.24. The molecule has 1 rings (SSSR count). The molecule has 0 amide bonds. The normalized spacial score (nSPS) is 12.5. The molecule has 82 valence electrons. The maximum Gasteiger partial charge on any atom is 0.333 e. The van der Waals surface area contributed by atoms with Crippen molar-refractivity contribution in [2.45, 2.75) is 12.5 Å². The molecule has 0 aliphatic rings. The van der Waals surface area contributed by atoms with Crippen molar-refractivity contribution in [3.8, 4) is 0 Å². The number of ether oxygens (including phenoxy) is 1. The summed E-state index contributed by atoms with van der Waals surface area (Å²) in [6.07, 6.45) is -1.25. The van der Waals surface area contributed by atoms with Gasteiger partial charge in [-0.2, -0.15) is 0 Å². The van der Waals surface area contributed by atoms with Crippen LogP contribution < -0.4 is 0 Å². The molecule has 5 heteroatoms. The second-order valence-corrected chi connectivity index (χ2v) is 3.00. The smallest absolute Gasteiger partial charge is 0.333 e. The lowest BCUT2D eigenvalue weighted by molar-refractivity contribution is -0.148. The molecule has 15 heavy (non-hydrogen) atoms. The van der Waals surface area contributed by atoms with Crippen LogP contribution in [0.2, 0.25) is 0 Å². The van der Waals surface area contributed by atoms with Gasteiger partial charge in [0.25, 0.3) is 0 Å².